The van der Waals surface area contributed by atoms with Gasteiger partial charge in [0.15, 0.2) is 0 Å². The Morgan fingerprint density at radius 2 is 2.29 bits per heavy atom. The molecule has 0 radical (unpaired) electrons. The van der Waals surface area contributed by atoms with Gasteiger partial charge in [0.25, 0.3) is 0 Å². The average molecular weight is 262 g/mol. The molecule has 1 saturated carbocycles. The molecular formula is C10H18P4. The number of allylic oxidation sites excluding steroid dienone is 4. The van der Waals surface area contributed by atoms with Gasteiger partial charge in [0.1, 0.15) is 0 Å². The summed E-state index contributed by atoms with van der Waals surface area (Å²) in [5, 5.41) is 0. The molecule has 0 spiro atoms. The minimum absolute atomic E-state index is 0.180. The lowest BCUT2D eigenvalue weighted by molar-refractivity contribution is 0.556. The van der Waals surface area contributed by atoms with Crippen molar-refractivity contribution in [1.29, 1.82) is 0 Å². The van der Waals surface area contributed by atoms with Crippen LogP contribution in [0.3, 0.4) is 0 Å². The summed E-state index contributed by atoms with van der Waals surface area (Å²) >= 11 is 0. The standard InChI is InChI=1S/C10H18P4/c1-7-9-4-2-3-8(9)5-6-10(7)14(12)13-11/h3-4,7,10,13H,2,5-6,11-12H2,1H3. The largest absolute Gasteiger partial charge is 0.110 e. The van der Waals surface area contributed by atoms with E-state index >= 15 is 0 Å². The molecule has 2 aliphatic rings. The first kappa shape index (κ1) is 11.7. The highest BCUT2D eigenvalue weighted by Gasteiger charge is 2.32. The molecule has 0 aromatic rings. The molecule has 0 bridgehead atoms. The van der Waals surface area contributed by atoms with E-state index in [4.69, 9.17) is 0 Å². The predicted octanol–water partition coefficient (Wildman–Crippen LogP) is 4.70. The topological polar surface area (TPSA) is 0 Å². The van der Waals surface area contributed by atoms with Gasteiger partial charge in [-0.15, -0.1) is 17.9 Å². The van der Waals surface area contributed by atoms with E-state index in [1.807, 2.05) is 0 Å². The van der Waals surface area contributed by atoms with Gasteiger partial charge in [-0.3, -0.25) is 0 Å². The zero-order valence-corrected chi connectivity index (χ0v) is 12.7. The van der Waals surface area contributed by atoms with Crippen molar-refractivity contribution in [3.63, 3.8) is 0 Å². The summed E-state index contributed by atoms with van der Waals surface area (Å²) < 4.78 is 0. The van der Waals surface area contributed by atoms with E-state index in [2.05, 4.69) is 36.9 Å². The Hall–Kier alpha value is 1.20. The van der Waals surface area contributed by atoms with Crippen LogP contribution in [0.4, 0.5) is 0 Å². The first-order chi connectivity index (χ1) is 6.74. The van der Waals surface area contributed by atoms with E-state index in [0.717, 1.165) is 19.5 Å². The zero-order chi connectivity index (χ0) is 10.1. The average Bonchev–Trinajstić information content (AvgIpc) is 2.66. The van der Waals surface area contributed by atoms with Crippen LogP contribution in [-0.4, -0.2) is 5.66 Å². The van der Waals surface area contributed by atoms with Crippen molar-refractivity contribution in [2.45, 2.75) is 31.8 Å². The number of hydrogen-bond donors (Lipinski definition) is 0. The molecule has 6 unspecified atom stereocenters. The maximum absolute atomic E-state index is 3.10. The maximum Gasteiger partial charge on any atom is -0.00666 e. The lowest BCUT2D eigenvalue weighted by Crippen LogP contribution is -2.21. The Balaban J connectivity index is 2.14. The Kier molecular flexibility index (Phi) is 4.19. The SMILES string of the molecule is CC1C2=CCC=C2CCC1P(P)PP. The van der Waals surface area contributed by atoms with E-state index < -0.39 is 0 Å². The second kappa shape index (κ2) is 5.02. The minimum atomic E-state index is 0.180. The van der Waals surface area contributed by atoms with E-state index in [-0.39, 0.29) is 7.30 Å². The van der Waals surface area contributed by atoms with Gasteiger partial charge in [-0.1, -0.05) is 34.3 Å². The molecule has 0 nitrogen and oxygen atoms in total. The molecule has 0 saturated heterocycles. The van der Waals surface area contributed by atoms with Gasteiger partial charge in [-0.25, -0.2) is 0 Å². The molecule has 1 fully saturated rings. The molecule has 2 rings (SSSR count). The molecule has 6 atom stereocenters. The Bertz CT molecular complexity index is 282. The van der Waals surface area contributed by atoms with Crippen molar-refractivity contribution in [2.24, 2.45) is 5.92 Å². The van der Waals surface area contributed by atoms with E-state index in [1.54, 1.807) is 11.1 Å². The van der Waals surface area contributed by atoms with Crippen molar-refractivity contribution < 1.29 is 0 Å². The van der Waals surface area contributed by atoms with Crippen molar-refractivity contribution in [3.05, 3.63) is 23.3 Å². The third-order valence-electron chi connectivity index (χ3n) is 3.36. The van der Waals surface area contributed by atoms with Gasteiger partial charge in [0.05, 0.1) is 0 Å². The molecule has 2 aliphatic carbocycles. The summed E-state index contributed by atoms with van der Waals surface area (Å²) in [6.07, 6.45) is 8.83. The van der Waals surface area contributed by atoms with Crippen LogP contribution in [0.2, 0.25) is 0 Å². The van der Waals surface area contributed by atoms with Gasteiger partial charge in [-0.05, 0) is 42.0 Å². The van der Waals surface area contributed by atoms with E-state index in [0.29, 0.717) is 0 Å². The minimum Gasteiger partial charge on any atom is -0.110 e. The molecule has 0 amide bonds. The number of rotatable bonds is 2. The van der Waals surface area contributed by atoms with Crippen LogP contribution in [0.5, 0.6) is 0 Å². The van der Waals surface area contributed by atoms with Crippen LogP contribution in [0.25, 0.3) is 0 Å². The lowest BCUT2D eigenvalue weighted by Gasteiger charge is -2.35. The Labute approximate surface area is 94.4 Å². The van der Waals surface area contributed by atoms with Crippen LogP contribution in [-0.2, 0) is 0 Å². The fourth-order valence-corrected chi connectivity index (χ4v) is 8.36. The molecule has 4 heteroatoms. The molecule has 0 heterocycles. The first-order valence-corrected chi connectivity index (χ1v) is 11.8. The predicted molar refractivity (Wildman–Crippen MR) is 77.6 cm³/mol. The van der Waals surface area contributed by atoms with Crippen LogP contribution < -0.4 is 0 Å². The summed E-state index contributed by atoms with van der Waals surface area (Å²) in [5.74, 6) is 0.814. The van der Waals surface area contributed by atoms with Gasteiger partial charge >= 0.3 is 0 Å². The number of hydrogen-bond acceptors (Lipinski definition) is 0. The molecule has 78 valence electrons. The third kappa shape index (κ3) is 2.15. The van der Waals surface area contributed by atoms with Gasteiger partial charge in [0, 0.05) is 0 Å². The van der Waals surface area contributed by atoms with Crippen molar-refractivity contribution in [2.75, 3.05) is 0 Å². The monoisotopic (exact) mass is 262 g/mol. The Morgan fingerprint density at radius 1 is 1.50 bits per heavy atom. The normalized spacial score (nSPS) is 34.2. The molecule has 0 N–H and O–H groups in total. The quantitative estimate of drug-likeness (QED) is 0.633. The van der Waals surface area contributed by atoms with Gasteiger partial charge in [0.2, 0.25) is 0 Å². The van der Waals surface area contributed by atoms with Crippen LogP contribution in [0.1, 0.15) is 26.2 Å². The fraction of sp³-hybridized carbons (Fsp3) is 0.600. The molecule has 14 heavy (non-hydrogen) atoms. The second-order valence-corrected chi connectivity index (χ2v) is 13.7. The smallest absolute Gasteiger partial charge is 0.00666 e. The Morgan fingerprint density at radius 3 is 3.00 bits per heavy atom. The highest BCUT2D eigenvalue weighted by molar-refractivity contribution is 8.61. The van der Waals surface area contributed by atoms with Crippen molar-refractivity contribution in [1.82, 2.24) is 0 Å². The van der Waals surface area contributed by atoms with E-state index in [9.17, 15) is 0 Å². The van der Waals surface area contributed by atoms with Crippen LogP contribution in [0, 0.1) is 5.92 Å². The third-order valence-corrected chi connectivity index (χ3v) is 14.8. The summed E-state index contributed by atoms with van der Waals surface area (Å²) in [6.45, 7) is 2.43. The molecule has 0 aliphatic heterocycles. The molecule has 0 aromatic carbocycles. The summed E-state index contributed by atoms with van der Waals surface area (Å²) in [4.78, 5) is 0. The number of fused-ring (bicyclic) bond motifs is 1. The lowest BCUT2D eigenvalue weighted by atomic mass is 9.83. The summed E-state index contributed by atoms with van der Waals surface area (Å²) in [6, 6.07) is 0. The fourth-order valence-electron chi connectivity index (χ4n) is 2.54. The maximum atomic E-state index is 3.10. The highest BCUT2D eigenvalue weighted by Crippen LogP contribution is 2.72. The highest BCUT2D eigenvalue weighted by atomic mass is 32.6. The molecule has 0 aromatic heterocycles. The first-order valence-electron chi connectivity index (χ1n) is 5.13. The van der Waals surface area contributed by atoms with Crippen LogP contribution in [0.15, 0.2) is 23.3 Å². The van der Waals surface area contributed by atoms with Gasteiger partial charge in [-0.2, -0.15) is 0 Å². The second-order valence-electron chi connectivity index (χ2n) is 4.06. The van der Waals surface area contributed by atoms with E-state index in [1.165, 1.54) is 19.3 Å². The van der Waals surface area contributed by atoms with Crippen molar-refractivity contribution >= 4 is 33.1 Å². The summed E-state index contributed by atoms with van der Waals surface area (Å²) in [5.41, 5.74) is 4.29. The summed E-state index contributed by atoms with van der Waals surface area (Å²) in [7, 11) is 7.27. The van der Waals surface area contributed by atoms with Crippen LogP contribution >= 0.6 is 33.1 Å². The van der Waals surface area contributed by atoms with Gasteiger partial charge < -0.3 is 0 Å². The van der Waals surface area contributed by atoms with Crippen molar-refractivity contribution in [3.8, 4) is 0 Å². The molecular weight excluding hydrogens is 244 g/mol. The zero-order valence-electron chi connectivity index (χ0n) is 8.53.